The molecule has 0 saturated heterocycles. The Morgan fingerprint density at radius 3 is 2.13 bits per heavy atom. The number of rotatable bonds is 3. The minimum atomic E-state index is -0.251. The summed E-state index contributed by atoms with van der Waals surface area (Å²) in [5.41, 5.74) is 4.25. The Morgan fingerprint density at radius 2 is 1.52 bits per heavy atom. The Labute approximate surface area is 135 Å². The van der Waals surface area contributed by atoms with Gasteiger partial charge in [0.2, 0.25) is 0 Å². The number of phenolic OH excluding ortho intramolecular Hbond substituents is 1. The van der Waals surface area contributed by atoms with Crippen LogP contribution in [0, 0.1) is 13.8 Å². The highest BCUT2D eigenvalue weighted by Crippen LogP contribution is 2.23. The lowest BCUT2D eigenvalue weighted by molar-refractivity contribution is 0.102. The van der Waals surface area contributed by atoms with Crippen molar-refractivity contribution in [1.29, 1.82) is 0 Å². The molecular formula is C19H18N2O2. The number of hydrogen-bond acceptors (Lipinski definition) is 2. The molecule has 1 aromatic heterocycles. The van der Waals surface area contributed by atoms with E-state index in [1.54, 1.807) is 30.3 Å². The lowest BCUT2D eigenvalue weighted by atomic mass is 10.1. The second kappa shape index (κ2) is 6.01. The summed E-state index contributed by atoms with van der Waals surface area (Å²) in [6, 6.07) is 18.2. The molecule has 3 rings (SSSR count). The van der Waals surface area contributed by atoms with Gasteiger partial charge in [0.15, 0.2) is 0 Å². The van der Waals surface area contributed by atoms with E-state index in [1.165, 1.54) is 6.07 Å². The van der Waals surface area contributed by atoms with Gasteiger partial charge in [-0.3, -0.25) is 4.79 Å². The molecule has 23 heavy (non-hydrogen) atoms. The zero-order valence-corrected chi connectivity index (χ0v) is 13.1. The number of nitrogens with one attached hydrogen (secondary N) is 1. The molecule has 4 heteroatoms. The number of amides is 1. The van der Waals surface area contributed by atoms with E-state index >= 15 is 0 Å². The molecule has 0 radical (unpaired) electrons. The van der Waals surface area contributed by atoms with Gasteiger partial charge in [-0.2, -0.15) is 0 Å². The van der Waals surface area contributed by atoms with Crippen molar-refractivity contribution in [3.05, 3.63) is 77.6 Å². The Kier molecular flexibility index (Phi) is 3.89. The summed E-state index contributed by atoms with van der Waals surface area (Å²) < 4.78 is 2.13. The smallest absolute Gasteiger partial charge is 0.255 e. The van der Waals surface area contributed by atoms with Crippen molar-refractivity contribution in [3.63, 3.8) is 0 Å². The van der Waals surface area contributed by atoms with Gasteiger partial charge in [-0.1, -0.05) is 12.1 Å². The van der Waals surface area contributed by atoms with Crippen LogP contribution in [-0.2, 0) is 0 Å². The minimum Gasteiger partial charge on any atom is -0.506 e. The molecule has 2 aromatic carbocycles. The van der Waals surface area contributed by atoms with E-state index in [1.807, 2.05) is 26.0 Å². The zero-order chi connectivity index (χ0) is 16.4. The molecule has 0 aliphatic rings. The van der Waals surface area contributed by atoms with Crippen molar-refractivity contribution in [2.45, 2.75) is 13.8 Å². The van der Waals surface area contributed by atoms with Crippen molar-refractivity contribution < 1.29 is 9.90 Å². The van der Waals surface area contributed by atoms with E-state index in [4.69, 9.17) is 0 Å². The van der Waals surface area contributed by atoms with E-state index in [2.05, 4.69) is 22.0 Å². The number of aromatic nitrogens is 1. The quantitative estimate of drug-likeness (QED) is 0.717. The first-order chi connectivity index (χ1) is 11.1. The van der Waals surface area contributed by atoms with Crippen LogP contribution in [0.1, 0.15) is 21.7 Å². The van der Waals surface area contributed by atoms with E-state index in [0.717, 1.165) is 17.1 Å². The number of phenols is 1. The number of para-hydroxylation sites is 2. The number of nitrogens with zero attached hydrogens (tertiary/aromatic N) is 1. The Bertz CT molecular complexity index is 829. The predicted molar refractivity (Wildman–Crippen MR) is 91.3 cm³/mol. The van der Waals surface area contributed by atoms with Crippen molar-refractivity contribution >= 4 is 11.6 Å². The number of carbonyl (C=O) groups excluding carboxylic acids is 1. The molecule has 0 atom stereocenters. The number of carbonyl (C=O) groups is 1. The van der Waals surface area contributed by atoms with Crippen LogP contribution >= 0.6 is 0 Å². The molecule has 0 spiro atoms. The molecular weight excluding hydrogens is 288 g/mol. The Morgan fingerprint density at radius 1 is 0.913 bits per heavy atom. The van der Waals surface area contributed by atoms with Gasteiger partial charge in [-0.25, -0.2) is 0 Å². The number of hydrogen-bond donors (Lipinski definition) is 2. The van der Waals surface area contributed by atoms with Gasteiger partial charge < -0.3 is 15.0 Å². The van der Waals surface area contributed by atoms with Gasteiger partial charge in [0, 0.05) is 22.6 Å². The van der Waals surface area contributed by atoms with E-state index < -0.39 is 0 Å². The van der Waals surface area contributed by atoms with Gasteiger partial charge in [0.25, 0.3) is 5.91 Å². The molecule has 3 aromatic rings. The van der Waals surface area contributed by atoms with Gasteiger partial charge >= 0.3 is 0 Å². The normalized spacial score (nSPS) is 10.5. The van der Waals surface area contributed by atoms with Crippen LogP contribution in [-0.4, -0.2) is 15.6 Å². The number of aryl methyl sites for hydroxylation is 2. The molecule has 2 N–H and O–H groups in total. The topological polar surface area (TPSA) is 54.3 Å². The highest BCUT2D eigenvalue weighted by molar-refractivity contribution is 6.05. The minimum absolute atomic E-state index is 0.0519. The second-order valence-corrected chi connectivity index (χ2v) is 5.47. The van der Waals surface area contributed by atoms with Crippen molar-refractivity contribution in [1.82, 2.24) is 4.57 Å². The van der Waals surface area contributed by atoms with Crippen LogP contribution in [0.5, 0.6) is 5.75 Å². The summed E-state index contributed by atoms with van der Waals surface area (Å²) in [6.07, 6.45) is 0. The maximum absolute atomic E-state index is 12.3. The average Bonchev–Trinajstić information content (AvgIpc) is 2.88. The highest BCUT2D eigenvalue weighted by Gasteiger charge is 2.09. The molecule has 0 fully saturated rings. The van der Waals surface area contributed by atoms with Crippen molar-refractivity contribution in [2.75, 3.05) is 5.32 Å². The molecule has 4 nitrogen and oxygen atoms in total. The van der Waals surface area contributed by atoms with Gasteiger partial charge in [0.1, 0.15) is 5.75 Å². The maximum atomic E-state index is 12.3. The molecule has 116 valence electrons. The third-order valence-electron chi connectivity index (χ3n) is 3.81. The van der Waals surface area contributed by atoms with Crippen molar-refractivity contribution in [3.8, 4) is 11.4 Å². The van der Waals surface area contributed by atoms with Gasteiger partial charge in [-0.05, 0) is 62.4 Å². The van der Waals surface area contributed by atoms with Gasteiger partial charge in [-0.15, -0.1) is 0 Å². The number of aromatic hydroxyl groups is 1. The molecule has 0 unspecified atom stereocenters. The number of anilines is 1. The molecule has 0 bridgehead atoms. The largest absolute Gasteiger partial charge is 0.506 e. The molecule has 0 aliphatic heterocycles. The van der Waals surface area contributed by atoms with Crippen LogP contribution in [0.2, 0.25) is 0 Å². The second-order valence-electron chi connectivity index (χ2n) is 5.47. The van der Waals surface area contributed by atoms with E-state index in [9.17, 15) is 9.90 Å². The first kappa shape index (κ1) is 14.9. The van der Waals surface area contributed by atoms with Crippen LogP contribution in [0.3, 0.4) is 0 Å². The molecule has 0 aliphatic carbocycles. The Hall–Kier alpha value is -3.01. The first-order valence-corrected chi connectivity index (χ1v) is 7.41. The summed E-state index contributed by atoms with van der Waals surface area (Å²) in [6.45, 7) is 4.09. The molecule has 1 heterocycles. The molecule has 1 amide bonds. The predicted octanol–water partition coefficient (Wildman–Crippen LogP) is 4.05. The van der Waals surface area contributed by atoms with Crippen molar-refractivity contribution in [2.24, 2.45) is 0 Å². The maximum Gasteiger partial charge on any atom is 0.255 e. The highest BCUT2D eigenvalue weighted by atomic mass is 16.3. The van der Waals surface area contributed by atoms with Crippen LogP contribution < -0.4 is 5.32 Å². The Balaban J connectivity index is 1.82. The lowest BCUT2D eigenvalue weighted by Gasteiger charge is -2.11. The fraction of sp³-hybridized carbons (Fsp3) is 0.105. The summed E-state index contributed by atoms with van der Waals surface area (Å²) in [5, 5.41) is 12.4. The van der Waals surface area contributed by atoms with Crippen LogP contribution in [0.15, 0.2) is 60.7 Å². The van der Waals surface area contributed by atoms with Crippen LogP contribution in [0.4, 0.5) is 5.69 Å². The lowest BCUT2D eigenvalue weighted by Crippen LogP contribution is -2.12. The zero-order valence-electron chi connectivity index (χ0n) is 13.1. The summed E-state index contributed by atoms with van der Waals surface area (Å²) in [7, 11) is 0. The average molecular weight is 306 g/mol. The van der Waals surface area contributed by atoms with E-state index in [-0.39, 0.29) is 11.7 Å². The fourth-order valence-corrected chi connectivity index (χ4v) is 2.61. The molecule has 0 saturated carbocycles. The summed E-state index contributed by atoms with van der Waals surface area (Å²) in [5.74, 6) is -0.199. The third kappa shape index (κ3) is 2.97. The standard InChI is InChI=1S/C19H18N2O2/c1-13-7-8-14(2)21(13)16-11-9-15(10-12-16)19(23)20-17-5-3-4-6-18(17)22/h3-12,22H,1-2H3,(H,20,23). The summed E-state index contributed by atoms with van der Waals surface area (Å²) in [4.78, 5) is 12.3. The van der Waals surface area contributed by atoms with E-state index in [0.29, 0.717) is 11.3 Å². The first-order valence-electron chi connectivity index (χ1n) is 7.41. The number of benzene rings is 2. The third-order valence-corrected chi connectivity index (χ3v) is 3.81. The van der Waals surface area contributed by atoms with Gasteiger partial charge in [0.05, 0.1) is 5.69 Å². The monoisotopic (exact) mass is 306 g/mol. The SMILES string of the molecule is Cc1ccc(C)n1-c1ccc(C(=O)Nc2ccccc2O)cc1. The van der Waals surface area contributed by atoms with Crippen LogP contribution in [0.25, 0.3) is 5.69 Å². The fourth-order valence-electron chi connectivity index (χ4n) is 2.61. The summed E-state index contributed by atoms with van der Waals surface area (Å²) >= 11 is 0.